The first-order valence-corrected chi connectivity index (χ1v) is 6.66. The van der Waals surface area contributed by atoms with Gasteiger partial charge in [-0.2, -0.15) is 5.10 Å². The summed E-state index contributed by atoms with van der Waals surface area (Å²) in [6, 6.07) is 0. The maximum Gasteiger partial charge on any atom is 0.257 e. The van der Waals surface area contributed by atoms with Crippen molar-refractivity contribution in [1.82, 2.24) is 20.4 Å². The topological polar surface area (TPSA) is 61.0 Å². The molecule has 100 valence electrons. The number of aromatic nitrogens is 2. The Morgan fingerprint density at radius 1 is 1.56 bits per heavy atom. The second kappa shape index (κ2) is 6.00. The van der Waals surface area contributed by atoms with E-state index in [0.29, 0.717) is 5.56 Å². The van der Waals surface area contributed by atoms with Crippen LogP contribution in [0.25, 0.3) is 0 Å². The van der Waals surface area contributed by atoms with E-state index in [9.17, 15) is 4.79 Å². The number of nitrogens with one attached hydrogen (secondary N) is 2. The summed E-state index contributed by atoms with van der Waals surface area (Å²) >= 11 is 0. The van der Waals surface area contributed by atoms with E-state index in [1.165, 1.54) is 6.42 Å². The zero-order valence-corrected chi connectivity index (χ0v) is 11.2. The molecule has 1 saturated heterocycles. The van der Waals surface area contributed by atoms with Gasteiger partial charge < -0.3 is 10.2 Å². The monoisotopic (exact) mass is 250 g/mol. The molecule has 2 heterocycles. The van der Waals surface area contributed by atoms with Gasteiger partial charge in [0.05, 0.1) is 11.8 Å². The Bertz CT molecular complexity index is 393. The van der Waals surface area contributed by atoms with E-state index in [1.54, 1.807) is 6.20 Å². The third-order valence-electron chi connectivity index (χ3n) is 3.76. The molecule has 0 radical (unpaired) electrons. The lowest BCUT2D eigenvalue weighted by Gasteiger charge is -2.32. The van der Waals surface area contributed by atoms with Gasteiger partial charge in [-0.1, -0.05) is 0 Å². The van der Waals surface area contributed by atoms with E-state index >= 15 is 0 Å². The quantitative estimate of drug-likeness (QED) is 0.843. The molecular weight excluding hydrogens is 228 g/mol. The summed E-state index contributed by atoms with van der Waals surface area (Å²) in [5.41, 5.74) is 1.57. The highest BCUT2D eigenvalue weighted by atomic mass is 16.2. The summed E-state index contributed by atoms with van der Waals surface area (Å²) in [7, 11) is 1.99. The number of hydrogen-bond donors (Lipinski definition) is 2. The summed E-state index contributed by atoms with van der Waals surface area (Å²) in [5, 5.41) is 9.92. The van der Waals surface area contributed by atoms with Gasteiger partial charge in [0.25, 0.3) is 5.91 Å². The molecule has 5 heteroatoms. The fraction of sp³-hybridized carbons (Fsp3) is 0.692. The highest BCUT2D eigenvalue weighted by Gasteiger charge is 2.24. The number of nitrogens with zero attached hydrogens (tertiary/aromatic N) is 2. The van der Waals surface area contributed by atoms with Crippen molar-refractivity contribution in [3.8, 4) is 0 Å². The van der Waals surface area contributed by atoms with Crippen molar-refractivity contribution in [2.24, 2.45) is 5.92 Å². The molecule has 1 aromatic rings. The predicted molar refractivity (Wildman–Crippen MR) is 70.5 cm³/mol. The third kappa shape index (κ3) is 2.90. The molecule has 0 spiro atoms. The molecule has 0 saturated carbocycles. The van der Waals surface area contributed by atoms with Crippen LogP contribution in [-0.2, 0) is 0 Å². The lowest BCUT2D eigenvalue weighted by Crippen LogP contribution is -2.39. The summed E-state index contributed by atoms with van der Waals surface area (Å²) in [5.74, 6) is 0.875. The molecule has 0 aliphatic carbocycles. The van der Waals surface area contributed by atoms with Crippen molar-refractivity contribution in [2.75, 3.05) is 26.7 Å². The van der Waals surface area contributed by atoms with E-state index in [1.807, 2.05) is 18.9 Å². The van der Waals surface area contributed by atoms with Gasteiger partial charge in [-0.25, -0.2) is 0 Å². The van der Waals surface area contributed by atoms with Crippen molar-refractivity contribution < 1.29 is 4.79 Å². The van der Waals surface area contributed by atoms with Gasteiger partial charge >= 0.3 is 0 Å². The van der Waals surface area contributed by atoms with E-state index in [2.05, 4.69) is 15.5 Å². The molecular formula is C13H22N4O. The zero-order valence-electron chi connectivity index (χ0n) is 11.2. The van der Waals surface area contributed by atoms with Crippen LogP contribution in [-0.4, -0.2) is 47.7 Å². The molecule has 1 aliphatic heterocycles. The molecule has 0 bridgehead atoms. The Labute approximate surface area is 108 Å². The third-order valence-corrected chi connectivity index (χ3v) is 3.76. The Hall–Kier alpha value is -1.36. The van der Waals surface area contributed by atoms with Crippen LogP contribution in [0.1, 0.15) is 35.3 Å². The fourth-order valence-electron chi connectivity index (χ4n) is 2.51. The van der Waals surface area contributed by atoms with Gasteiger partial charge in [-0.15, -0.1) is 0 Å². The predicted octanol–water partition coefficient (Wildman–Crippen LogP) is 1.18. The zero-order chi connectivity index (χ0) is 13.0. The molecule has 0 aromatic carbocycles. The molecule has 2 rings (SSSR count). The van der Waals surface area contributed by atoms with Gasteiger partial charge in [0.15, 0.2) is 0 Å². The van der Waals surface area contributed by atoms with Crippen LogP contribution in [0, 0.1) is 12.8 Å². The molecule has 1 fully saturated rings. The van der Waals surface area contributed by atoms with Crippen molar-refractivity contribution in [3.05, 3.63) is 17.5 Å². The van der Waals surface area contributed by atoms with Crippen LogP contribution in [0.2, 0.25) is 0 Å². The number of H-pyrrole nitrogens is 1. The summed E-state index contributed by atoms with van der Waals surface area (Å²) < 4.78 is 0. The molecule has 18 heavy (non-hydrogen) atoms. The van der Waals surface area contributed by atoms with Crippen molar-refractivity contribution in [2.45, 2.75) is 26.2 Å². The van der Waals surface area contributed by atoms with Crippen LogP contribution < -0.4 is 5.32 Å². The second-order valence-corrected chi connectivity index (χ2v) is 5.04. The first kappa shape index (κ1) is 13.1. The lowest BCUT2D eigenvalue weighted by molar-refractivity contribution is 0.0686. The Morgan fingerprint density at radius 3 is 2.83 bits per heavy atom. The maximum absolute atomic E-state index is 12.3. The number of amides is 1. The van der Waals surface area contributed by atoms with Crippen molar-refractivity contribution in [1.29, 1.82) is 0 Å². The van der Waals surface area contributed by atoms with Gasteiger partial charge in [-0.05, 0) is 45.7 Å². The first-order valence-electron chi connectivity index (χ1n) is 6.66. The minimum absolute atomic E-state index is 0.119. The number of aromatic amines is 1. The minimum atomic E-state index is 0.119. The normalized spacial score (nSPS) is 17.1. The van der Waals surface area contributed by atoms with Gasteiger partial charge in [-0.3, -0.25) is 9.89 Å². The van der Waals surface area contributed by atoms with E-state index in [4.69, 9.17) is 0 Å². The standard InChI is InChI=1S/C13H22N4O/c1-10-12(9-15-16-10)13(18)17-7-4-11(5-8-17)3-6-14-2/h9,11,14H,3-8H2,1-2H3,(H,15,16). The summed E-state index contributed by atoms with van der Waals surface area (Å²) in [6.45, 7) is 4.70. The molecule has 5 nitrogen and oxygen atoms in total. The van der Waals surface area contributed by atoms with Crippen LogP contribution in [0.15, 0.2) is 6.20 Å². The largest absolute Gasteiger partial charge is 0.339 e. The van der Waals surface area contributed by atoms with Crippen molar-refractivity contribution in [3.63, 3.8) is 0 Å². The number of rotatable bonds is 4. The van der Waals surface area contributed by atoms with E-state index in [-0.39, 0.29) is 5.91 Å². The highest BCUT2D eigenvalue weighted by Crippen LogP contribution is 2.21. The number of aryl methyl sites for hydroxylation is 1. The van der Waals surface area contributed by atoms with Crippen LogP contribution in [0.3, 0.4) is 0 Å². The van der Waals surface area contributed by atoms with Crippen molar-refractivity contribution >= 4 is 5.91 Å². The average Bonchev–Trinajstić information content (AvgIpc) is 2.82. The molecule has 1 amide bonds. The summed E-state index contributed by atoms with van der Waals surface area (Å²) in [4.78, 5) is 14.2. The smallest absolute Gasteiger partial charge is 0.257 e. The molecule has 1 aliphatic rings. The molecule has 2 N–H and O–H groups in total. The number of carbonyl (C=O) groups excluding carboxylic acids is 1. The number of hydrogen-bond acceptors (Lipinski definition) is 3. The fourth-order valence-corrected chi connectivity index (χ4v) is 2.51. The van der Waals surface area contributed by atoms with Gasteiger partial charge in [0, 0.05) is 18.8 Å². The first-order chi connectivity index (χ1) is 8.72. The Kier molecular flexibility index (Phi) is 4.36. The van der Waals surface area contributed by atoms with Gasteiger partial charge in [0.2, 0.25) is 0 Å². The molecule has 0 atom stereocenters. The minimum Gasteiger partial charge on any atom is -0.339 e. The van der Waals surface area contributed by atoms with E-state index in [0.717, 1.165) is 44.1 Å². The number of likely N-dealkylation sites (tertiary alicyclic amines) is 1. The average molecular weight is 250 g/mol. The van der Waals surface area contributed by atoms with Crippen LogP contribution in [0.4, 0.5) is 0 Å². The van der Waals surface area contributed by atoms with E-state index < -0.39 is 0 Å². The van der Waals surface area contributed by atoms with Crippen LogP contribution in [0.5, 0.6) is 0 Å². The second-order valence-electron chi connectivity index (χ2n) is 5.04. The van der Waals surface area contributed by atoms with Crippen LogP contribution >= 0.6 is 0 Å². The highest BCUT2D eigenvalue weighted by molar-refractivity contribution is 5.95. The molecule has 1 aromatic heterocycles. The summed E-state index contributed by atoms with van der Waals surface area (Å²) in [6.07, 6.45) is 5.07. The Morgan fingerprint density at radius 2 is 2.28 bits per heavy atom. The number of carbonyl (C=O) groups is 1. The molecule has 0 unspecified atom stereocenters. The SMILES string of the molecule is CNCCC1CCN(C(=O)c2cn[nH]c2C)CC1. The lowest BCUT2D eigenvalue weighted by atomic mass is 9.93. The maximum atomic E-state index is 12.3. The number of piperidine rings is 1. The van der Waals surface area contributed by atoms with Gasteiger partial charge in [0.1, 0.15) is 0 Å². The Balaban J connectivity index is 1.86.